The van der Waals surface area contributed by atoms with Crippen molar-refractivity contribution < 1.29 is 14.3 Å². The first-order chi connectivity index (χ1) is 14.9. The average molecular weight is 421 g/mol. The van der Waals surface area contributed by atoms with Crippen molar-refractivity contribution in [3.8, 4) is 16.9 Å². The molecule has 1 heterocycles. The standard InChI is InChI=1S/C26H32N2O3/c1-18(2)27-25(30)26(14-15-28(17-26)24(29)21-12-13-21)16-19-8-10-20(11-9-19)22-6-4-5-7-23(22)31-3/h4-11,18,21H,12-17H2,1-3H3,(H,27,30)/t26-/m0/s1. The Morgan fingerprint density at radius 2 is 1.84 bits per heavy atom. The third-order valence-electron chi connectivity index (χ3n) is 6.41. The SMILES string of the molecule is COc1ccccc1-c1ccc(C[C@@]2(C(=O)NC(C)C)CCN(C(=O)C3CC3)C2)cc1. The highest BCUT2D eigenvalue weighted by atomic mass is 16.5. The maximum absolute atomic E-state index is 13.2. The Hall–Kier alpha value is -2.82. The lowest BCUT2D eigenvalue weighted by Gasteiger charge is -2.29. The van der Waals surface area contributed by atoms with E-state index in [1.54, 1.807) is 7.11 Å². The number of likely N-dealkylation sites (tertiary alicyclic amines) is 1. The van der Waals surface area contributed by atoms with Crippen LogP contribution in [0.25, 0.3) is 11.1 Å². The number of nitrogens with one attached hydrogen (secondary N) is 1. The van der Waals surface area contributed by atoms with Gasteiger partial charge in [0.25, 0.3) is 0 Å². The van der Waals surface area contributed by atoms with E-state index < -0.39 is 5.41 Å². The minimum Gasteiger partial charge on any atom is -0.496 e. The minimum absolute atomic E-state index is 0.0578. The largest absolute Gasteiger partial charge is 0.496 e. The monoisotopic (exact) mass is 420 g/mol. The molecular formula is C26H32N2O3. The second kappa shape index (κ2) is 8.74. The van der Waals surface area contributed by atoms with Crippen LogP contribution in [0.5, 0.6) is 5.75 Å². The summed E-state index contributed by atoms with van der Waals surface area (Å²) in [4.78, 5) is 27.8. The fourth-order valence-electron chi connectivity index (χ4n) is 4.55. The average Bonchev–Trinajstić information content (AvgIpc) is 3.53. The number of amides is 2. The molecule has 5 nitrogen and oxygen atoms in total. The van der Waals surface area contributed by atoms with Crippen LogP contribution in [0.15, 0.2) is 48.5 Å². The summed E-state index contributed by atoms with van der Waals surface area (Å²) in [5, 5.41) is 3.11. The van der Waals surface area contributed by atoms with Gasteiger partial charge in [0.1, 0.15) is 5.75 Å². The Morgan fingerprint density at radius 1 is 1.13 bits per heavy atom. The van der Waals surface area contributed by atoms with Gasteiger partial charge in [-0.3, -0.25) is 9.59 Å². The van der Waals surface area contributed by atoms with Gasteiger partial charge < -0.3 is 15.0 Å². The summed E-state index contributed by atoms with van der Waals surface area (Å²) >= 11 is 0. The third kappa shape index (κ3) is 4.60. The van der Waals surface area contributed by atoms with Crippen LogP contribution in [-0.2, 0) is 16.0 Å². The van der Waals surface area contributed by atoms with Crippen molar-refractivity contribution in [3.63, 3.8) is 0 Å². The number of ether oxygens (including phenoxy) is 1. The second-order valence-electron chi connectivity index (χ2n) is 9.27. The lowest BCUT2D eigenvalue weighted by Crippen LogP contribution is -2.47. The predicted molar refractivity (Wildman–Crippen MR) is 122 cm³/mol. The van der Waals surface area contributed by atoms with Gasteiger partial charge in [-0.25, -0.2) is 0 Å². The van der Waals surface area contributed by atoms with Crippen LogP contribution in [-0.4, -0.2) is 43.0 Å². The van der Waals surface area contributed by atoms with Crippen LogP contribution in [0.1, 0.15) is 38.7 Å². The molecule has 164 valence electrons. The van der Waals surface area contributed by atoms with Gasteiger partial charge >= 0.3 is 0 Å². The molecular weight excluding hydrogens is 388 g/mol. The molecule has 2 fully saturated rings. The van der Waals surface area contributed by atoms with Gasteiger partial charge in [0.2, 0.25) is 11.8 Å². The summed E-state index contributed by atoms with van der Waals surface area (Å²) in [6, 6.07) is 16.4. The molecule has 1 saturated heterocycles. The molecule has 2 aliphatic rings. The van der Waals surface area contributed by atoms with Crippen molar-refractivity contribution in [2.45, 2.75) is 45.6 Å². The molecule has 0 unspecified atom stereocenters. The highest BCUT2D eigenvalue weighted by molar-refractivity contribution is 5.87. The van der Waals surface area contributed by atoms with Gasteiger partial charge in [-0.1, -0.05) is 42.5 Å². The van der Waals surface area contributed by atoms with Crippen LogP contribution >= 0.6 is 0 Å². The van der Waals surface area contributed by atoms with Gasteiger partial charge in [0.05, 0.1) is 12.5 Å². The molecule has 2 aromatic carbocycles. The van der Waals surface area contributed by atoms with E-state index in [1.165, 1.54) is 0 Å². The molecule has 2 amide bonds. The first kappa shape index (κ1) is 21.4. The van der Waals surface area contributed by atoms with Crippen LogP contribution in [0.3, 0.4) is 0 Å². The molecule has 0 spiro atoms. The normalized spacial score (nSPS) is 20.7. The summed E-state index contributed by atoms with van der Waals surface area (Å²) in [5.74, 6) is 1.31. The molecule has 1 N–H and O–H groups in total. The Balaban J connectivity index is 1.55. The highest BCUT2D eigenvalue weighted by Gasteiger charge is 2.48. The molecule has 4 rings (SSSR count). The van der Waals surface area contributed by atoms with Crippen molar-refractivity contribution in [1.29, 1.82) is 0 Å². The summed E-state index contributed by atoms with van der Waals surface area (Å²) < 4.78 is 5.49. The molecule has 0 bridgehead atoms. The van der Waals surface area contributed by atoms with Gasteiger partial charge in [-0.2, -0.15) is 0 Å². The fraction of sp³-hybridized carbons (Fsp3) is 0.462. The lowest BCUT2D eigenvalue weighted by molar-refractivity contribution is -0.134. The van der Waals surface area contributed by atoms with Crippen molar-refractivity contribution in [1.82, 2.24) is 10.2 Å². The molecule has 1 aliphatic heterocycles. The number of rotatable bonds is 7. The zero-order valence-electron chi connectivity index (χ0n) is 18.7. The van der Waals surface area contributed by atoms with Crippen LogP contribution < -0.4 is 10.1 Å². The lowest BCUT2D eigenvalue weighted by atomic mass is 9.79. The fourth-order valence-corrected chi connectivity index (χ4v) is 4.55. The zero-order chi connectivity index (χ0) is 22.0. The van der Waals surface area contributed by atoms with Crippen molar-refractivity contribution in [3.05, 3.63) is 54.1 Å². The number of para-hydroxylation sites is 1. The van der Waals surface area contributed by atoms with Crippen molar-refractivity contribution in [2.75, 3.05) is 20.2 Å². The Morgan fingerprint density at radius 3 is 2.48 bits per heavy atom. The quantitative estimate of drug-likeness (QED) is 0.735. The maximum Gasteiger partial charge on any atom is 0.228 e. The number of hydrogen-bond donors (Lipinski definition) is 1. The molecule has 1 saturated carbocycles. The predicted octanol–water partition coefficient (Wildman–Crippen LogP) is 4.06. The number of benzene rings is 2. The second-order valence-corrected chi connectivity index (χ2v) is 9.27. The number of hydrogen-bond acceptors (Lipinski definition) is 3. The zero-order valence-corrected chi connectivity index (χ0v) is 18.7. The molecule has 0 radical (unpaired) electrons. The molecule has 1 atom stereocenters. The third-order valence-corrected chi connectivity index (χ3v) is 6.41. The Kier molecular flexibility index (Phi) is 6.03. The number of nitrogens with zero attached hydrogens (tertiary/aromatic N) is 1. The summed E-state index contributed by atoms with van der Waals surface area (Å²) in [6.45, 7) is 5.14. The number of carbonyl (C=O) groups is 2. The molecule has 31 heavy (non-hydrogen) atoms. The van der Waals surface area contributed by atoms with Crippen LogP contribution in [0.2, 0.25) is 0 Å². The van der Waals surface area contributed by atoms with Gasteiger partial charge in [0, 0.05) is 30.6 Å². The first-order valence-electron chi connectivity index (χ1n) is 11.2. The topological polar surface area (TPSA) is 58.6 Å². The van der Waals surface area contributed by atoms with E-state index in [-0.39, 0.29) is 23.8 Å². The van der Waals surface area contributed by atoms with Crippen molar-refractivity contribution in [2.24, 2.45) is 11.3 Å². The minimum atomic E-state index is -0.569. The summed E-state index contributed by atoms with van der Waals surface area (Å²) in [6.07, 6.45) is 3.32. The summed E-state index contributed by atoms with van der Waals surface area (Å²) in [5.41, 5.74) is 2.67. The smallest absolute Gasteiger partial charge is 0.228 e. The van der Waals surface area contributed by atoms with E-state index in [2.05, 4.69) is 29.6 Å². The van der Waals surface area contributed by atoms with E-state index in [4.69, 9.17) is 4.74 Å². The maximum atomic E-state index is 13.2. The van der Waals surface area contributed by atoms with E-state index in [1.807, 2.05) is 43.0 Å². The molecule has 2 aromatic rings. The van der Waals surface area contributed by atoms with Gasteiger partial charge in [-0.05, 0) is 56.7 Å². The van der Waals surface area contributed by atoms with E-state index >= 15 is 0 Å². The Labute approximate surface area is 184 Å². The van der Waals surface area contributed by atoms with E-state index in [0.29, 0.717) is 25.9 Å². The number of methoxy groups -OCH3 is 1. The molecule has 0 aromatic heterocycles. The van der Waals surface area contributed by atoms with Gasteiger partial charge in [0.15, 0.2) is 0 Å². The van der Waals surface area contributed by atoms with Crippen LogP contribution in [0.4, 0.5) is 0 Å². The molecule has 1 aliphatic carbocycles. The number of carbonyl (C=O) groups excluding carboxylic acids is 2. The van der Waals surface area contributed by atoms with Gasteiger partial charge in [-0.15, -0.1) is 0 Å². The van der Waals surface area contributed by atoms with Crippen LogP contribution in [0, 0.1) is 11.3 Å². The molecule has 5 heteroatoms. The first-order valence-corrected chi connectivity index (χ1v) is 11.2. The van der Waals surface area contributed by atoms with E-state index in [0.717, 1.165) is 35.3 Å². The van der Waals surface area contributed by atoms with Crippen molar-refractivity contribution >= 4 is 11.8 Å². The Bertz CT molecular complexity index is 949. The van der Waals surface area contributed by atoms with E-state index in [9.17, 15) is 9.59 Å². The highest BCUT2D eigenvalue weighted by Crippen LogP contribution is 2.39. The summed E-state index contributed by atoms with van der Waals surface area (Å²) in [7, 11) is 1.68.